The fraction of sp³-hybridized carbons (Fsp3) is 0.538. The molecule has 1 fully saturated rings. The second kappa shape index (κ2) is 4.73. The molecule has 2 atom stereocenters. The van der Waals surface area contributed by atoms with Gasteiger partial charge >= 0.3 is 5.97 Å². The van der Waals surface area contributed by atoms with Crippen LogP contribution in [0.25, 0.3) is 0 Å². The molecule has 1 aromatic rings. The lowest BCUT2D eigenvalue weighted by Crippen LogP contribution is -2.24. The molecule has 1 aliphatic carbocycles. The van der Waals surface area contributed by atoms with Gasteiger partial charge in [0.05, 0.1) is 0 Å². The second-order valence-corrected chi connectivity index (χ2v) is 4.82. The number of nitrogens with zero attached hydrogens (tertiary/aromatic N) is 1. The Morgan fingerprint density at radius 3 is 2.88 bits per heavy atom. The van der Waals surface area contributed by atoms with E-state index in [4.69, 9.17) is 0 Å². The smallest absolute Gasteiger partial charge is 0.339 e. The first-order chi connectivity index (χ1) is 8.09. The molecule has 0 aliphatic heterocycles. The first-order valence-corrected chi connectivity index (χ1v) is 6.05. The summed E-state index contributed by atoms with van der Waals surface area (Å²) in [4.78, 5) is 15.4. The molecule has 0 spiro atoms. The molecule has 1 aromatic heterocycles. The number of carboxylic acids is 1. The van der Waals surface area contributed by atoms with Gasteiger partial charge in [-0.05, 0) is 37.3 Å². The Balaban J connectivity index is 2.26. The van der Waals surface area contributed by atoms with Crippen LogP contribution >= 0.6 is 0 Å². The van der Waals surface area contributed by atoms with Crippen LogP contribution in [0.4, 0.5) is 5.82 Å². The Bertz CT molecular complexity index is 431. The molecule has 0 bridgehead atoms. The maximum Gasteiger partial charge on any atom is 0.339 e. The zero-order chi connectivity index (χ0) is 12.4. The van der Waals surface area contributed by atoms with E-state index >= 15 is 0 Å². The van der Waals surface area contributed by atoms with Crippen LogP contribution in [-0.2, 0) is 0 Å². The Labute approximate surface area is 101 Å². The average molecular weight is 234 g/mol. The van der Waals surface area contributed by atoms with Gasteiger partial charge in [-0.2, -0.15) is 0 Å². The Kier molecular flexibility index (Phi) is 3.31. The van der Waals surface area contributed by atoms with Gasteiger partial charge in [0.2, 0.25) is 0 Å². The number of pyridine rings is 1. The van der Waals surface area contributed by atoms with Gasteiger partial charge in [-0.15, -0.1) is 0 Å². The lowest BCUT2D eigenvalue weighted by molar-refractivity contribution is 0.0696. The molecule has 0 radical (unpaired) electrons. The monoisotopic (exact) mass is 234 g/mol. The third-order valence-corrected chi connectivity index (χ3v) is 3.56. The zero-order valence-electron chi connectivity index (χ0n) is 10.2. The highest BCUT2D eigenvalue weighted by Crippen LogP contribution is 2.28. The van der Waals surface area contributed by atoms with Crippen molar-refractivity contribution in [1.82, 2.24) is 4.98 Å². The summed E-state index contributed by atoms with van der Waals surface area (Å²) in [6.45, 7) is 4.00. The molecule has 0 saturated heterocycles. The van der Waals surface area contributed by atoms with Crippen LogP contribution in [0.1, 0.15) is 42.1 Å². The summed E-state index contributed by atoms with van der Waals surface area (Å²) in [5.74, 6) is 0.180. The number of aromatic nitrogens is 1. The van der Waals surface area contributed by atoms with Crippen LogP contribution < -0.4 is 5.32 Å². The van der Waals surface area contributed by atoms with Crippen LogP contribution in [0.15, 0.2) is 12.3 Å². The van der Waals surface area contributed by atoms with E-state index in [0.717, 1.165) is 12.0 Å². The Morgan fingerprint density at radius 1 is 1.53 bits per heavy atom. The fourth-order valence-corrected chi connectivity index (χ4v) is 2.47. The van der Waals surface area contributed by atoms with E-state index in [1.165, 1.54) is 12.8 Å². The standard InChI is InChI=1S/C13H18N2O2/c1-8-4-3-5-10(8)15-12-11(13(16)17)9(2)6-7-14-12/h6-8,10H,3-5H2,1-2H3,(H,14,15)(H,16,17). The average Bonchev–Trinajstić information content (AvgIpc) is 2.64. The third kappa shape index (κ3) is 2.40. The van der Waals surface area contributed by atoms with Crippen LogP contribution in [0.3, 0.4) is 0 Å². The number of hydrogen-bond donors (Lipinski definition) is 2. The van der Waals surface area contributed by atoms with Crippen molar-refractivity contribution < 1.29 is 9.90 Å². The summed E-state index contributed by atoms with van der Waals surface area (Å²) >= 11 is 0. The van der Waals surface area contributed by atoms with Gasteiger partial charge in [-0.1, -0.05) is 13.3 Å². The molecule has 17 heavy (non-hydrogen) atoms. The molecule has 1 heterocycles. The molecule has 92 valence electrons. The molecule has 4 heteroatoms. The van der Waals surface area contributed by atoms with Crippen LogP contribution in [0.2, 0.25) is 0 Å². The lowest BCUT2D eigenvalue weighted by Gasteiger charge is -2.19. The van der Waals surface area contributed by atoms with Gasteiger partial charge in [-0.25, -0.2) is 9.78 Å². The number of carbonyl (C=O) groups is 1. The first-order valence-electron chi connectivity index (χ1n) is 6.05. The van der Waals surface area contributed by atoms with Gasteiger partial charge in [0.15, 0.2) is 0 Å². The van der Waals surface area contributed by atoms with Gasteiger partial charge < -0.3 is 10.4 Å². The molecule has 1 aliphatic rings. The second-order valence-electron chi connectivity index (χ2n) is 4.82. The minimum Gasteiger partial charge on any atom is -0.478 e. The van der Waals surface area contributed by atoms with E-state index in [1.807, 2.05) is 0 Å². The highest BCUT2D eigenvalue weighted by molar-refractivity contribution is 5.94. The summed E-state index contributed by atoms with van der Waals surface area (Å²) in [5.41, 5.74) is 1.05. The highest BCUT2D eigenvalue weighted by Gasteiger charge is 2.25. The number of rotatable bonds is 3. The van der Waals surface area contributed by atoms with Gasteiger partial charge in [0.1, 0.15) is 11.4 Å². The molecule has 4 nitrogen and oxygen atoms in total. The van der Waals surface area contributed by atoms with Crippen LogP contribution in [0, 0.1) is 12.8 Å². The van der Waals surface area contributed by atoms with E-state index in [0.29, 0.717) is 23.3 Å². The van der Waals surface area contributed by atoms with Gasteiger partial charge in [-0.3, -0.25) is 0 Å². The van der Waals surface area contributed by atoms with Gasteiger partial charge in [0.25, 0.3) is 0 Å². The molecule has 0 aromatic carbocycles. The number of aryl methyl sites for hydroxylation is 1. The molecule has 2 N–H and O–H groups in total. The minimum absolute atomic E-state index is 0.298. The van der Waals surface area contributed by atoms with Crippen molar-refractivity contribution in [3.63, 3.8) is 0 Å². The van der Waals surface area contributed by atoms with Crippen molar-refractivity contribution in [2.75, 3.05) is 5.32 Å². The van der Waals surface area contributed by atoms with E-state index in [9.17, 15) is 9.90 Å². The lowest BCUT2D eigenvalue weighted by atomic mass is 10.1. The summed E-state index contributed by atoms with van der Waals surface area (Å²) in [7, 11) is 0. The third-order valence-electron chi connectivity index (χ3n) is 3.56. The number of anilines is 1. The van der Waals surface area contributed by atoms with E-state index in [2.05, 4.69) is 17.2 Å². The SMILES string of the molecule is Cc1ccnc(NC2CCCC2C)c1C(=O)O. The fourth-order valence-electron chi connectivity index (χ4n) is 2.47. The molecule has 2 rings (SSSR count). The highest BCUT2D eigenvalue weighted by atomic mass is 16.4. The van der Waals surface area contributed by atoms with Crippen molar-refractivity contribution in [2.45, 2.75) is 39.2 Å². The van der Waals surface area contributed by atoms with Crippen molar-refractivity contribution >= 4 is 11.8 Å². The zero-order valence-corrected chi connectivity index (χ0v) is 10.2. The largest absolute Gasteiger partial charge is 0.478 e. The minimum atomic E-state index is -0.913. The first kappa shape index (κ1) is 11.9. The van der Waals surface area contributed by atoms with Crippen LogP contribution in [0.5, 0.6) is 0 Å². The summed E-state index contributed by atoms with van der Waals surface area (Å²) in [6, 6.07) is 2.08. The number of aromatic carboxylic acids is 1. The summed E-state index contributed by atoms with van der Waals surface area (Å²) in [6.07, 6.45) is 5.15. The van der Waals surface area contributed by atoms with Crippen molar-refractivity contribution in [3.05, 3.63) is 23.4 Å². The summed E-state index contributed by atoms with van der Waals surface area (Å²) in [5, 5.41) is 12.5. The van der Waals surface area contributed by atoms with Crippen molar-refractivity contribution in [3.8, 4) is 0 Å². The molecular formula is C13H18N2O2. The van der Waals surface area contributed by atoms with E-state index in [-0.39, 0.29) is 0 Å². The van der Waals surface area contributed by atoms with Crippen molar-refractivity contribution in [1.29, 1.82) is 0 Å². The number of carboxylic acid groups (broad SMARTS) is 1. The predicted octanol–water partition coefficient (Wildman–Crippen LogP) is 2.69. The van der Waals surface area contributed by atoms with E-state index in [1.54, 1.807) is 19.2 Å². The number of nitrogens with one attached hydrogen (secondary N) is 1. The topological polar surface area (TPSA) is 62.2 Å². The predicted molar refractivity (Wildman–Crippen MR) is 66.4 cm³/mol. The molecule has 1 saturated carbocycles. The molecule has 0 amide bonds. The molecular weight excluding hydrogens is 216 g/mol. The maximum absolute atomic E-state index is 11.2. The van der Waals surface area contributed by atoms with Crippen LogP contribution in [-0.4, -0.2) is 22.1 Å². The maximum atomic E-state index is 11.2. The Morgan fingerprint density at radius 2 is 2.29 bits per heavy atom. The van der Waals surface area contributed by atoms with Gasteiger partial charge in [0, 0.05) is 12.2 Å². The normalized spacial score (nSPS) is 23.6. The van der Waals surface area contributed by atoms with Crippen molar-refractivity contribution in [2.24, 2.45) is 5.92 Å². The van der Waals surface area contributed by atoms with E-state index < -0.39 is 5.97 Å². The Hall–Kier alpha value is -1.58. The molecule has 2 unspecified atom stereocenters. The quantitative estimate of drug-likeness (QED) is 0.844. The number of hydrogen-bond acceptors (Lipinski definition) is 3. The summed E-state index contributed by atoms with van der Waals surface area (Å²) < 4.78 is 0.